The summed E-state index contributed by atoms with van der Waals surface area (Å²) in [6, 6.07) is 56.8. The molecule has 0 spiro atoms. The predicted molar refractivity (Wildman–Crippen MR) is 201 cm³/mol. The van der Waals surface area contributed by atoms with Crippen LogP contribution < -0.4 is 0 Å². The van der Waals surface area contributed by atoms with Crippen molar-refractivity contribution in [3.63, 3.8) is 0 Å². The molecule has 0 fully saturated rings. The van der Waals surface area contributed by atoms with Crippen LogP contribution in [0.1, 0.15) is 0 Å². The van der Waals surface area contributed by atoms with Crippen LogP contribution in [-0.4, -0.2) is 15.0 Å². The largest absolute Gasteiger partial charge is 0.455 e. The van der Waals surface area contributed by atoms with Gasteiger partial charge in [0.2, 0.25) is 0 Å². The van der Waals surface area contributed by atoms with Crippen molar-refractivity contribution >= 4 is 54.3 Å². The molecule has 228 valence electrons. The van der Waals surface area contributed by atoms with Gasteiger partial charge in [-0.25, -0.2) is 15.0 Å². The third kappa shape index (κ3) is 4.49. The summed E-state index contributed by atoms with van der Waals surface area (Å²) in [6.07, 6.45) is 0. The van der Waals surface area contributed by atoms with Crippen LogP contribution in [0.2, 0.25) is 0 Å². The number of benzene rings is 8. The van der Waals surface area contributed by atoms with Crippen molar-refractivity contribution in [2.75, 3.05) is 0 Å². The Morgan fingerprint density at radius 3 is 1.65 bits per heavy atom. The molecular weight excluding hydrogens is 599 g/mol. The number of hydrogen-bond acceptors (Lipinski definition) is 4. The second kappa shape index (κ2) is 11.0. The molecule has 2 aromatic heterocycles. The van der Waals surface area contributed by atoms with Crippen molar-refractivity contribution in [2.45, 2.75) is 0 Å². The summed E-state index contributed by atoms with van der Waals surface area (Å²) in [6.45, 7) is 0. The molecule has 49 heavy (non-hydrogen) atoms. The average Bonchev–Trinajstić information content (AvgIpc) is 3.56. The van der Waals surface area contributed by atoms with Crippen LogP contribution in [0, 0.1) is 0 Å². The Labute approximate surface area is 282 Å². The smallest absolute Gasteiger partial charge is 0.164 e. The van der Waals surface area contributed by atoms with E-state index in [2.05, 4.69) is 133 Å². The lowest BCUT2D eigenvalue weighted by Gasteiger charge is -2.12. The van der Waals surface area contributed by atoms with E-state index in [1.165, 1.54) is 21.9 Å². The van der Waals surface area contributed by atoms with Gasteiger partial charge in [-0.1, -0.05) is 140 Å². The van der Waals surface area contributed by atoms with E-state index in [0.29, 0.717) is 17.5 Å². The first-order chi connectivity index (χ1) is 24.3. The van der Waals surface area contributed by atoms with E-state index in [0.717, 1.165) is 60.2 Å². The lowest BCUT2D eigenvalue weighted by Crippen LogP contribution is -2.00. The van der Waals surface area contributed by atoms with Gasteiger partial charge in [0.15, 0.2) is 17.5 Å². The van der Waals surface area contributed by atoms with Crippen molar-refractivity contribution < 1.29 is 4.42 Å². The highest BCUT2D eigenvalue weighted by Gasteiger charge is 2.19. The Hall–Kier alpha value is -6.65. The molecule has 4 nitrogen and oxygen atoms in total. The minimum atomic E-state index is 0.596. The number of nitrogens with zero attached hydrogens (tertiary/aromatic N) is 3. The van der Waals surface area contributed by atoms with E-state index < -0.39 is 0 Å². The summed E-state index contributed by atoms with van der Waals surface area (Å²) in [5.74, 6) is 1.85. The molecule has 0 unspecified atom stereocenters. The fourth-order valence-electron chi connectivity index (χ4n) is 7.17. The van der Waals surface area contributed by atoms with E-state index in [9.17, 15) is 0 Å². The minimum absolute atomic E-state index is 0.596. The van der Waals surface area contributed by atoms with Gasteiger partial charge in [-0.3, -0.25) is 0 Å². The van der Waals surface area contributed by atoms with Crippen LogP contribution in [0.4, 0.5) is 0 Å². The van der Waals surface area contributed by atoms with E-state index in [1.54, 1.807) is 0 Å². The molecule has 0 bridgehead atoms. The normalized spacial score (nSPS) is 11.7. The zero-order valence-corrected chi connectivity index (χ0v) is 26.3. The predicted octanol–water partition coefficient (Wildman–Crippen LogP) is 11.9. The number of hydrogen-bond donors (Lipinski definition) is 0. The third-order valence-corrected chi connectivity index (χ3v) is 9.50. The van der Waals surface area contributed by atoms with E-state index >= 15 is 0 Å². The quantitative estimate of drug-likeness (QED) is 0.183. The molecule has 0 amide bonds. The van der Waals surface area contributed by atoms with Gasteiger partial charge in [0.1, 0.15) is 11.2 Å². The van der Waals surface area contributed by atoms with Gasteiger partial charge in [-0.2, -0.15) is 0 Å². The second-order valence-corrected chi connectivity index (χ2v) is 12.4. The van der Waals surface area contributed by atoms with Crippen LogP contribution in [0.3, 0.4) is 0 Å². The fourth-order valence-corrected chi connectivity index (χ4v) is 7.17. The standard InChI is InChI=1S/C45H27N3O/c1-3-13-28(14-4-1)38-27-39-36-24-23-31(26-41(36)49-42(39)37-22-12-11-21-35(37)38)44-46-43(29-15-5-2-6-16-29)47-45(48-44)40-25-30-17-7-8-18-32(30)33-19-9-10-20-34(33)40/h1-27H. The zero-order valence-electron chi connectivity index (χ0n) is 26.3. The molecule has 2 heterocycles. The molecule has 0 radical (unpaired) electrons. The van der Waals surface area contributed by atoms with Gasteiger partial charge in [0.05, 0.1) is 0 Å². The van der Waals surface area contributed by atoms with Gasteiger partial charge in [0, 0.05) is 32.8 Å². The Kier molecular flexibility index (Phi) is 6.15. The topological polar surface area (TPSA) is 51.8 Å². The zero-order chi connectivity index (χ0) is 32.3. The van der Waals surface area contributed by atoms with Gasteiger partial charge in [-0.05, 0) is 62.3 Å². The van der Waals surface area contributed by atoms with Crippen LogP contribution in [0.15, 0.2) is 168 Å². The first kappa shape index (κ1) is 27.5. The molecule has 4 heteroatoms. The molecule has 10 aromatic rings. The molecular formula is C45H27N3O. The van der Waals surface area contributed by atoms with Gasteiger partial charge >= 0.3 is 0 Å². The summed E-state index contributed by atoms with van der Waals surface area (Å²) in [4.78, 5) is 15.3. The number of aromatic nitrogens is 3. The molecule has 0 aliphatic rings. The van der Waals surface area contributed by atoms with Crippen molar-refractivity contribution in [3.8, 4) is 45.3 Å². The molecule has 0 saturated carbocycles. The number of rotatable bonds is 4. The summed E-state index contributed by atoms with van der Waals surface area (Å²) in [7, 11) is 0. The van der Waals surface area contributed by atoms with Crippen LogP contribution in [-0.2, 0) is 0 Å². The van der Waals surface area contributed by atoms with Gasteiger partial charge < -0.3 is 4.42 Å². The highest BCUT2D eigenvalue weighted by molar-refractivity contribution is 6.19. The van der Waals surface area contributed by atoms with Gasteiger partial charge in [-0.15, -0.1) is 0 Å². The number of furan rings is 1. The van der Waals surface area contributed by atoms with E-state index in [1.807, 2.05) is 30.3 Å². The highest BCUT2D eigenvalue weighted by atomic mass is 16.3. The molecule has 0 saturated heterocycles. The maximum absolute atomic E-state index is 6.68. The van der Waals surface area contributed by atoms with Crippen molar-refractivity contribution in [3.05, 3.63) is 164 Å². The summed E-state index contributed by atoms with van der Waals surface area (Å²) in [5, 5.41) is 9.02. The fraction of sp³-hybridized carbons (Fsp3) is 0. The molecule has 0 atom stereocenters. The molecule has 0 N–H and O–H groups in total. The lowest BCUT2D eigenvalue weighted by atomic mass is 9.95. The SMILES string of the molecule is c1ccc(-c2nc(-c3ccc4c(c3)oc3c5ccccc5c(-c5ccccc5)cc43)nc(-c3cc4ccccc4c4ccccc34)n2)cc1. The third-order valence-electron chi connectivity index (χ3n) is 9.50. The summed E-state index contributed by atoms with van der Waals surface area (Å²) < 4.78 is 6.68. The molecule has 10 rings (SSSR count). The van der Waals surface area contributed by atoms with Crippen molar-refractivity contribution in [1.82, 2.24) is 15.0 Å². The van der Waals surface area contributed by atoms with Crippen LogP contribution in [0.25, 0.3) is 99.5 Å². The monoisotopic (exact) mass is 625 g/mol. The van der Waals surface area contributed by atoms with Crippen molar-refractivity contribution in [2.24, 2.45) is 0 Å². The second-order valence-electron chi connectivity index (χ2n) is 12.4. The maximum atomic E-state index is 6.68. The highest BCUT2D eigenvalue weighted by Crippen LogP contribution is 2.41. The first-order valence-electron chi connectivity index (χ1n) is 16.4. The Balaban J connectivity index is 1.20. The molecule has 8 aromatic carbocycles. The first-order valence-corrected chi connectivity index (χ1v) is 16.4. The Bertz CT molecular complexity index is 2880. The van der Waals surface area contributed by atoms with Gasteiger partial charge in [0.25, 0.3) is 0 Å². The Morgan fingerprint density at radius 1 is 0.327 bits per heavy atom. The lowest BCUT2D eigenvalue weighted by molar-refractivity contribution is 0.673. The average molecular weight is 626 g/mol. The van der Waals surface area contributed by atoms with Crippen molar-refractivity contribution in [1.29, 1.82) is 0 Å². The maximum Gasteiger partial charge on any atom is 0.164 e. The summed E-state index contributed by atoms with van der Waals surface area (Å²) in [5.41, 5.74) is 6.81. The molecule has 0 aliphatic heterocycles. The van der Waals surface area contributed by atoms with E-state index in [4.69, 9.17) is 19.4 Å². The van der Waals surface area contributed by atoms with E-state index in [-0.39, 0.29) is 0 Å². The summed E-state index contributed by atoms with van der Waals surface area (Å²) >= 11 is 0. The minimum Gasteiger partial charge on any atom is -0.455 e. The van der Waals surface area contributed by atoms with Crippen LogP contribution in [0.5, 0.6) is 0 Å². The van der Waals surface area contributed by atoms with Crippen LogP contribution >= 0.6 is 0 Å². The number of fused-ring (bicyclic) bond motifs is 8. The Morgan fingerprint density at radius 2 is 0.898 bits per heavy atom. The molecule has 0 aliphatic carbocycles.